The van der Waals surface area contributed by atoms with Crippen LogP contribution in [0.1, 0.15) is 36.8 Å². The number of rotatable bonds is 5. The van der Waals surface area contributed by atoms with Gasteiger partial charge >= 0.3 is 6.18 Å². The summed E-state index contributed by atoms with van der Waals surface area (Å²) >= 11 is 0. The Hall–Kier alpha value is -2.26. The van der Waals surface area contributed by atoms with E-state index in [4.69, 9.17) is 4.74 Å². The fourth-order valence-corrected chi connectivity index (χ4v) is 5.87. The van der Waals surface area contributed by atoms with Gasteiger partial charge < -0.3 is 15.0 Å². The van der Waals surface area contributed by atoms with Crippen molar-refractivity contribution in [2.75, 3.05) is 38.2 Å². The lowest BCUT2D eigenvalue weighted by molar-refractivity contribution is -0.137. The highest BCUT2D eigenvalue weighted by Crippen LogP contribution is 2.42. The van der Waals surface area contributed by atoms with Crippen LogP contribution >= 0.6 is 0 Å². The van der Waals surface area contributed by atoms with E-state index in [1.807, 2.05) is 0 Å². The molecule has 5 rings (SSSR count). The van der Waals surface area contributed by atoms with Crippen LogP contribution in [-0.4, -0.2) is 54.0 Å². The Kier molecular flexibility index (Phi) is 6.50. The zero-order valence-corrected chi connectivity index (χ0v) is 19.2. The Morgan fingerprint density at radius 3 is 2.44 bits per heavy atom. The Morgan fingerprint density at radius 2 is 1.76 bits per heavy atom. The summed E-state index contributed by atoms with van der Waals surface area (Å²) in [6.45, 7) is 6.51. The Balaban J connectivity index is 1.26. The number of fused-ring (bicyclic) bond motifs is 1. The molecule has 3 atom stereocenters. The topological polar surface area (TPSA) is 50.3 Å². The fourth-order valence-electron chi connectivity index (χ4n) is 5.87. The predicted octanol–water partition coefficient (Wildman–Crippen LogP) is 5.16. The zero-order chi connectivity index (χ0) is 23.9. The van der Waals surface area contributed by atoms with Crippen molar-refractivity contribution in [3.8, 4) is 11.3 Å². The second-order valence-corrected chi connectivity index (χ2v) is 10.1. The summed E-state index contributed by atoms with van der Waals surface area (Å²) in [6.07, 6.45) is -0.708. The van der Waals surface area contributed by atoms with Gasteiger partial charge in [0.15, 0.2) is 5.82 Å². The van der Waals surface area contributed by atoms with Gasteiger partial charge in [-0.15, -0.1) is 10.2 Å². The summed E-state index contributed by atoms with van der Waals surface area (Å²) in [6, 6.07) is 4.90. The number of ether oxygens (including phenoxy) is 1. The molecule has 1 aliphatic carbocycles. The highest BCUT2D eigenvalue weighted by Gasteiger charge is 2.43. The van der Waals surface area contributed by atoms with E-state index in [-0.39, 0.29) is 17.6 Å². The molecule has 3 heterocycles. The van der Waals surface area contributed by atoms with Crippen LogP contribution in [0.3, 0.4) is 0 Å². The molecule has 1 aromatic carbocycles. The molecule has 0 amide bonds. The Morgan fingerprint density at radius 1 is 1.06 bits per heavy atom. The van der Waals surface area contributed by atoms with E-state index < -0.39 is 17.6 Å². The average molecular weight is 479 g/mol. The van der Waals surface area contributed by atoms with Gasteiger partial charge in [0.25, 0.3) is 0 Å². The summed E-state index contributed by atoms with van der Waals surface area (Å²) in [5, 5.41) is 11.0. The third kappa shape index (κ3) is 5.05. The number of nitrogens with zero attached hydrogens (tertiary/aromatic N) is 3. The largest absolute Gasteiger partial charge is 0.420 e. The van der Waals surface area contributed by atoms with E-state index in [2.05, 4.69) is 20.4 Å². The van der Waals surface area contributed by atoms with E-state index in [0.29, 0.717) is 28.9 Å². The summed E-state index contributed by atoms with van der Waals surface area (Å²) in [7, 11) is 0. The van der Waals surface area contributed by atoms with Crippen LogP contribution in [0, 0.1) is 30.5 Å². The Bertz CT molecular complexity index is 1010. The first kappa shape index (κ1) is 23.5. The fraction of sp³-hybridized carbons (Fsp3) is 0.600. The van der Waals surface area contributed by atoms with Crippen molar-refractivity contribution in [1.29, 1.82) is 0 Å². The van der Waals surface area contributed by atoms with Crippen molar-refractivity contribution >= 4 is 5.82 Å². The summed E-state index contributed by atoms with van der Waals surface area (Å²) in [5.41, 5.74) is 0.101. The van der Waals surface area contributed by atoms with Gasteiger partial charge in [0.1, 0.15) is 11.4 Å². The molecule has 34 heavy (non-hydrogen) atoms. The molecule has 184 valence electrons. The third-order valence-electron chi connectivity index (χ3n) is 7.60. The molecular weight excluding hydrogens is 448 g/mol. The van der Waals surface area contributed by atoms with E-state index in [1.165, 1.54) is 18.2 Å². The van der Waals surface area contributed by atoms with Gasteiger partial charge in [-0.3, -0.25) is 0 Å². The normalized spacial score (nSPS) is 26.1. The molecule has 0 unspecified atom stereocenters. The van der Waals surface area contributed by atoms with Gasteiger partial charge in [-0.1, -0.05) is 6.07 Å². The number of benzene rings is 1. The van der Waals surface area contributed by atoms with Crippen molar-refractivity contribution in [3.63, 3.8) is 0 Å². The smallest absolute Gasteiger partial charge is 0.381 e. The first-order chi connectivity index (χ1) is 16.3. The van der Waals surface area contributed by atoms with Crippen LogP contribution in [0.15, 0.2) is 24.3 Å². The minimum atomic E-state index is -4.59. The molecule has 0 spiro atoms. The quantitative estimate of drug-likeness (QED) is 0.602. The summed E-state index contributed by atoms with van der Waals surface area (Å²) in [5.74, 6) is 0.907. The number of halogens is 4. The van der Waals surface area contributed by atoms with Crippen LogP contribution < -0.4 is 5.32 Å². The molecule has 1 aromatic heterocycles. The van der Waals surface area contributed by atoms with Crippen molar-refractivity contribution in [2.45, 2.75) is 44.8 Å². The van der Waals surface area contributed by atoms with Gasteiger partial charge in [-0.25, -0.2) is 4.39 Å². The SMILES string of the molecule is Cc1ccc(F)cc1-c1cc(C(F)(F)F)c(N[C@H]2C[C@@H]3CN(CC4CCOCC4)C[C@@H]3C2)nn1. The maximum atomic E-state index is 13.9. The number of alkyl halides is 3. The molecule has 2 aliphatic heterocycles. The highest BCUT2D eigenvalue weighted by atomic mass is 19.4. The molecule has 2 aromatic rings. The molecule has 0 radical (unpaired) electrons. The molecule has 9 heteroatoms. The molecule has 2 saturated heterocycles. The lowest BCUT2D eigenvalue weighted by Crippen LogP contribution is -2.32. The maximum Gasteiger partial charge on any atom is 0.420 e. The van der Waals surface area contributed by atoms with Crippen molar-refractivity contribution in [1.82, 2.24) is 15.1 Å². The van der Waals surface area contributed by atoms with E-state index >= 15 is 0 Å². The lowest BCUT2D eigenvalue weighted by Gasteiger charge is -2.28. The van der Waals surface area contributed by atoms with Crippen molar-refractivity contribution < 1.29 is 22.3 Å². The predicted molar refractivity (Wildman–Crippen MR) is 121 cm³/mol. The summed E-state index contributed by atoms with van der Waals surface area (Å²) < 4.78 is 60.9. The number of hydrogen-bond donors (Lipinski definition) is 1. The number of likely N-dealkylation sites (tertiary alicyclic amines) is 1. The number of hydrogen-bond acceptors (Lipinski definition) is 5. The van der Waals surface area contributed by atoms with Gasteiger partial charge in [0.05, 0.1) is 5.69 Å². The number of aromatic nitrogens is 2. The zero-order valence-electron chi connectivity index (χ0n) is 19.2. The average Bonchev–Trinajstić information content (AvgIpc) is 3.33. The number of aryl methyl sites for hydroxylation is 1. The molecule has 0 bridgehead atoms. The van der Waals surface area contributed by atoms with E-state index in [1.54, 1.807) is 6.92 Å². The van der Waals surface area contributed by atoms with Crippen LogP contribution in [0.5, 0.6) is 0 Å². The second-order valence-electron chi connectivity index (χ2n) is 10.1. The minimum absolute atomic E-state index is 0.0157. The van der Waals surface area contributed by atoms with Gasteiger partial charge in [-0.05, 0) is 74.1 Å². The highest BCUT2D eigenvalue weighted by molar-refractivity contribution is 5.65. The lowest BCUT2D eigenvalue weighted by atomic mass is 10.00. The van der Waals surface area contributed by atoms with Crippen molar-refractivity contribution in [2.24, 2.45) is 17.8 Å². The van der Waals surface area contributed by atoms with Crippen LogP contribution in [0.4, 0.5) is 23.4 Å². The molecule has 1 saturated carbocycles. The van der Waals surface area contributed by atoms with Gasteiger partial charge in [0, 0.05) is 44.5 Å². The number of anilines is 1. The third-order valence-corrected chi connectivity index (χ3v) is 7.60. The molecular formula is C25H30F4N4O. The van der Waals surface area contributed by atoms with E-state index in [0.717, 1.165) is 64.6 Å². The molecule has 1 N–H and O–H groups in total. The van der Waals surface area contributed by atoms with Gasteiger partial charge in [0.2, 0.25) is 0 Å². The molecule has 3 aliphatic rings. The standard InChI is InChI=1S/C25H30F4N4O/c1-15-2-3-19(26)10-21(15)23-11-22(25(27,28)29)24(32-31-23)30-20-8-17-13-33(14-18(17)9-20)12-16-4-6-34-7-5-16/h2-3,10-11,16-18,20H,4-9,12-14H2,1H3,(H,30,32)/t17-,18+,20+. The van der Waals surface area contributed by atoms with E-state index in [9.17, 15) is 17.6 Å². The first-order valence-electron chi connectivity index (χ1n) is 12.0. The number of nitrogens with one attached hydrogen (secondary N) is 1. The monoisotopic (exact) mass is 478 g/mol. The first-order valence-corrected chi connectivity index (χ1v) is 12.0. The Labute approximate surface area is 196 Å². The van der Waals surface area contributed by atoms with Gasteiger partial charge in [-0.2, -0.15) is 13.2 Å². The minimum Gasteiger partial charge on any atom is -0.381 e. The van der Waals surface area contributed by atoms with Crippen molar-refractivity contribution in [3.05, 3.63) is 41.2 Å². The second kappa shape index (κ2) is 9.41. The summed E-state index contributed by atoms with van der Waals surface area (Å²) in [4.78, 5) is 2.53. The molecule has 3 fully saturated rings. The van der Waals surface area contributed by atoms with Crippen LogP contribution in [-0.2, 0) is 10.9 Å². The molecule has 5 nitrogen and oxygen atoms in total. The van der Waals surface area contributed by atoms with Crippen LogP contribution in [0.25, 0.3) is 11.3 Å². The van der Waals surface area contributed by atoms with Crippen LogP contribution in [0.2, 0.25) is 0 Å². The maximum absolute atomic E-state index is 13.9.